The van der Waals surface area contributed by atoms with E-state index in [4.69, 9.17) is 4.74 Å². The Hall–Kier alpha value is 0.170. The lowest BCUT2D eigenvalue weighted by molar-refractivity contribution is -0.0824. The van der Waals surface area contributed by atoms with Gasteiger partial charge in [-0.25, -0.2) is 0 Å². The highest BCUT2D eigenvalue weighted by Gasteiger charge is 2.34. The SMILES string of the molecule is CN1CCC(C2NCC(C)(C)CO2)C1.Cl. The minimum Gasteiger partial charge on any atom is -0.362 e. The van der Waals surface area contributed by atoms with Gasteiger partial charge in [0.05, 0.1) is 6.61 Å². The number of hydrogen-bond acceptors (Lipinski definition) is 3. The van der Waals surface area contributed by atoms with E-state index in [2.05, 4.69) is 31.1 Å². The summed E-state index contributed by atoms with van der Waals surface area (Å²) in [7, 11) is 2.19. The van der Waals surface area contributed by atoms with Crippen molar-refractivity contribution in [3.05, 3.63) is 0 Å². The van der Waals surface area contributed by atoms with Gasteiger partial charge in [-0.3, -0.25) is 5.32 Å². The minimum atomic E-state index is 0. The zero-order valence-corrected chi connectivity index (χ0v) is 10.8. The maximum absolute atomic E-state index is 5.89. The molecule has 2 heterocycles. The Morgan fingerprint density at radius 3 is 2.60 bits per heavy atom. The molecule has 0 radical (unpaired) electrons. The van der Waals surface area contributed by atoms with Crippen molar-refractivity contribution < 1.29 is 4.74 Å². The third-order valence-corrected chi connectivity index (χ3v) is 3.29. The molecule has 3 nitrogen and oxygen atoms in total. The molecule has 15 heavy (non-hydrogen) atoms. The molecule has 1 N–H and O–H groups in total. The van der Waals surface area contributed by atoms with Crippen LogP contribution in [0.1, 0.15) is 20.3 Å². The van der Waals surface area contributed by atoms with Crippen molar-refractivity contribution in [2.24, 2.45) is 11.3 Å². The van der Waals surface area contributed by atoms with E-state index < -0.39 is 0 Å². The van der Waals surface area contributed by atoms with Crippen molar-refractivity contribution in [2.75, 3.05) is 33.3 Å². The molecular formula is C11H23ClN2O. The van der Waals surface area contributed by atoms with Crippen LogP contribution in [-0.4, -0.2) is 44.4 Å². The van der Waals surface area contributed by atoms with Crippen LogP contribution in [0, 0.1) is 11.3 Å². The average molecular weight is 235 g/mol. The van der Waals surface area contributed by atoms with E-state index in [-0.39, 0.29) is 12.4 Å². The molecule has 2 aliphatic heterocycles. The van der Waals surface area contributed by atoms with Crippen molar-refractivity contribution in [1.82, 2.24) is 10.2 Å². The van der Waals surface area contributed by atoms with E-state index >= 15 is 0 Å². The van der Waals surface area contributed by atoms with Gasteiger partial charge in [0.15, 0.2) is 0 Å². The summed E-state index contributed by atoms with van der Waals surface area (Å²) in [5, 5.41) is 3.52. The Labute approximate surface area is 99.0 Å². The number of hydrogen-bond donors (Lipinski definition) is 1. The lowest BCUT2D eigenvalue weighted by atomic mass is 9.92. The second kappa shape index (κ2) is 5.00. The first-order chi connectivity index (χ1) is 6.57. The molecule has 0 aromatic rings. The summed E-state index contributed by atoms with van der Waals surface area (Å²) in [6, 6.07) is 0. The maximum atomic E-state index is 5.89. The third kappa shape index (κ3) is 3.31. The lowest BCUT2D eigenvalue weighted by Gasteiger charge is -2.38. The molecule has 2 aliphatic rings. The fourth-order valence-electron chi connectivity index (χ4n) is 2.32. The molecule has 4 heteroatoms. The Morgan fingerprint density at radius 2 is 2.13 bits per heavy atom. The highest BCUT2D eigenvalue weighted by Crippen LogP contribution is 2.26. The highest BCUT2D eigenvalue weighted by molar-refractivity contribution is 5.85. The van der Waals surface area contributed by atoms with E-state index in [0.717, 1.165) is 13.2 Å². The molecule has 0 aromatic carbocycles. The number of rotatable bonds is 1. The molecule has 0 saturated carbocycles. The van der Waals surface area contributed by atoms with Crippen LogP contribution in [0.5, 0.6) is 0 Å². The van der Waals surface area contributed by atoms with Gasteiger partial charge in [0.25, 0.3) is 0 Å². The molecule has 2 rings (SSSR count). The first-order valence-electron chi connectivity index (χ1n) is 5.60. The van der Waals surface area contributed by atoms with E-state index in [9.17, 15) is 0 Å². The molecule has 2 atom stereocenters. The zero-order chi connectivity index (χ0) is 10.2. The van der Waals surface area contributed by atoms with Gasteiger partial charge in [0.2, 0.25) is 0 Å². The number of nitrogens with zero attached hydrogens (tertiary/aromatic N) is 1. The summed E-state index contributed by atoms with van der Waals surface area (Å²) in [5.74, 6) is 0.691. The fourth-order valence-corrected chi connectivity index (χ4v) is 2.32. The predicted octanol–water partition coefficient (Wildman–Crippen LogP) is 1.33. The van der Waals surface area contributed by atoms with Crippen LogP contribution in [0.3, 0.4) is 0 Å². The molecule has 0 aliphatic carbocycles. The maximum Gasteiger partial charge on any atom is 0.112 e. The Bertz CT molecular complexity index is 201. The van der Waals surface area contributed by atoms with Gasteiger partial charge in [-0.15, -0.1) is 12.4 Å². The highest BCUT2D eigenvalue weighted by atomic mass is 35.5. The number of ether oxygens (including phenoxy) is 1. The monoisotopic (exact) mass is 234 g/mol. The van der Waals surface area contributed by atoms with Crippen molar-refractivity contribution in [3.8, 4) is 0 Å². The van der Waals surface area contributed by atoms with Crippen LogP contribution >= 0.6 is 12.4 Å². The summed E-state index contributed by atoms with van der Waals surface area (Å²) in [4.78, 5) is 2.38. The molecule has 0 bridgehead atoms. The van der Waals surface area contributed by atoms with Crippen molar-refractivity contribution >= 4 is 12.4 Å². The Kier molecular flexibility index (Phi) is 4.41. The van der Waals surface area contributed by atoms with Crippen molar-refractivity contribution in [3.63, 3.8) is 0 Å². The van der Waals surface area contributed by atoms with Crippen LogP contribution in [0.25, 0.3) is 0 Å². The fraction of sp³-hybridized carbons (Fsp3) is 1.00. The van der Waals surface area contributed by atoms with Gasteiger partial charge < -0.3 is 9.64 Å². The van der Waals surface area contributed by atoms with E-state index in [1.165, 1.54) is 19.5 Å². The van der Waals surface area contributed by atoms with Gasteiger partial charge in [-0.2, -0.15) is 0 Å². The second-order valence-corrected chi connectivity index (χ2v) is 5.59. The third-order valence-electron chi connectivity index (χ3n) is 3.29. The lowest BCUT2D eigenvalue weighted by Crippen LogP contribution is -2.51. The van der Waals surface area contributed by atoms with Crippen molar-refractivity contribution in [1.29, 1.82) is 0 Å². The van der Waals surface area contributed by atoms with E-state index in [1.807, 2.05) is 0 Å². The van der Waals surface area contributed by atoms with Gasteiger partial charge >= 0.3 is 0 Å². The minimum absolute atomic E-state index is 0. The summed E-state index contributed by atoms with van der Waals surface area (Å²) >= 11 is 0. The molecule has 2 unspecified atom stereocenters. The summed E-state index contributed by atoms with van der Waals surface area (Å²) in [5.41, 5.74) is 0.307. The summed E-state index contributed by atoms with van der Waals surface area (Å²) in [6.07, 6.45) is 1.57. The first-order valence-corrected chi connectivity index (χ1v) is 5.60. The van der Waals surface area contributed by atoms with Crippen LogP contribution in [0.15, 0.2) is 0 Å². The van der Waals surface area contributed by atoms with Gasteiger partial charge in [-0.1, -0.05) is 13.8 Å². The van der Waals surface area contributed by atoms with Crippen LogP contribution in [-0.2, 0) is 4.74 Å². The molecule has 0 spiro atoms. The number of likely N-dealkylation sites (tertiary alicyclic amines) is 1. The first kappa shape index (κ1) is 13.2. The van der Waals surface area contributed by atoms with E-state index in [1.54, 1.807) is 0 Å². The second-order valence-electron chi connectivity index (χ2n) is 5.59. The normalized spacial score (nSPS) is 36.2. The summed E-state index contributed by atoms with van der Waals surface area (Å²) in [6.45, 7) is 8.87. The Morgan fingerprint density at radius 1 is 1.40 bits per heavy atom. The van der Waals surface area contributed by atoms with Gasteiger partial charge in [0, 0.05) is 24.4 Å². The molecule has 2 saturated heterocycles. The molecule has 0 amide bonds. The van der Waals surface area contributed by atoms with Gasteiger partial charge in [0.1, 0.15) is 6.23 Å². The summed E-state index contributed by atoms with van der Waals surface area (Å²) < 4.78 is 5.89. The van der Waals surface area contributed by atoms with E-state index in [0.29, 0.717) is 17.6 Å². The quantitative estimate of drug-likeness (QED) is 0.741. The largest absolute Gasteiger partial charge is 0.362 e. The Balaban J connectivity index is 0.00000112. The van der Waals surface area contributed by atoms with Crippen LogP contribution in [0.4, 0.5) is 0 Å². The van der Waals surface area contributed by atoms with Gasteiger partial charge in [-0.05, 0) is 20.0 Å². The topological polar surface area (TPSA) is 24.5 Å². The van der Waals surface area contributed by atoms with Crippen LogP contribution in [0.2, 0.25) is 0 Å². The standard InChI is InChI=1S/C11H22N2O.ClH/c1-11(2)7-12-10(14-8-11)9-4-5-13(3)6-9;/h9-10,12H,4-8H2,1-3H3;1H. The molecule has 2 fully saturated rings. The smallest absolute Gasteiger partial charge is 0.112 e. The predicted molar refractivity (Wildman–Crippen MR) is 64.4 cm³/mol. The number of nitrogens with one attached hydrogen (secondary N) is 1. The molecular weight excluding hydrogens is 212 g/mol. The number of halogens is 1. The molecule has 90 valence electrons. The average Bonchev–Trinajstić information content (AvgIpc) is 2.52. The zero-order valence-electron chi connectivity index (χ0n) is 9.95. The van der Waals surface area contributed by atoms with Crippen molar-refractivity contribution in [2.45, 2.75) is 26.5 Å². The van der Waals surface area contributed by atoms with Crippen LogP contribution < -0.4 is 5.32 Å². The molecule has 0 aromatic heterocycles.